The van der Waals surface area contributed by atoms with Crippen LogP contribution in [0.1, 0.15) is 25.3 Å². The molecule has 2 aromatic rings. The van der Waals surface area contributed by atoms with Crippen molar-refractivity contribution in [2.75, 3.05) is 30.4 Å². The smallest absolute Gasteiger partial charge is 0.213 e. The van der Waals surface area contributed by atoms with Crippen molar-refractivity contribution in [1.29, 1.82) is 0 Å². The molecule has 2 heterocycles. The van der Waals surface area contributed by atoms with Crippen LogP contribution >= 0.6 is 12.2 Å². The van der Waals surface area contributed by atoms with E-state index in [0.29, 0.717) is 17.5 Å². The lowest BCUT2D eigenvalue weighted by molar-refractivity contribution is 0.398. The molecule has 0 saturated carbocycles. The molecule has 0 unspecified atom stereocenters. The molecular formula is C20H26N4OS. The first-order valence-corrected chi connectivity index (χ1v) is 9.43. The van der Waals surface area contributed by atoms with Crippen LogP contribution in [-0.2, 0) is 6.54 Å². The molecule has 1 saturated heterocycles. The molecule has 1 aromatic carbocycles. The van der Waals surface area contributed by atoms with Gasteiger partial charge in [-0.3, -0.25) is 0 Å². The second-order valence-corrected chi connectivity index (χ2v) is 7.17. The number of methoxy groups -OCH3 is 1. The molecule has 1 atom stereocenters. The summed E-state index contributed by atoms with van der Waals surface area (Å²) in [4.78, 5) is 6.63. The maximum atomic E-state index is 5.35. The van der Waals surface area contributed by atoms with E-state index in [2.05, 4.69) is 51.7 Å². The monoisotopic (exact) mass is 370 g/mol. The average Bonchev–Trinajstić information content (AvgIpc) is 2.67. The van der Waals surface area contributed by atoms with Crippen LogP contribution in [0.2, 0.25) is 0 Å². The van der Waals surface area contributed by atoms with Crippen LogP contribution in [-0.4, -0.2) is 30.3 Å². The lowest BCUT2D eigenvalue weighted by atomic mass is 9.99. The Morgan fingerprint density at radius 2 is 2.08 bits per heavy atom. The zero-order valence-corrected chi connectivity index (χ0v) is 16.2. The molecule has 0 amide bonds. The van der Waals surface area contributed by atoms with Gasteiger partial charge in [-0.05, 0) is 54.7 Å². The van der Waals surface area contributed by atoms with Crippen molar-refractivity contribution >= 4 is 28.7 Å². The van der Waals surface area contributed by atoms with Crippen molar-refractivity contribution in [1.82, 2.24) is 10.3 Å². The molecule has 0 radical (unpaired) electrons. The van der Waals surface area contributed by atoms with Gasteiger partial charge in [-0.15, -0.1) is 0 Å². The Morgan fingerprint density at radius 1 is 1.27 bits per heavy atom. The van der Waals surface area contributed by atoms with Gasteiger partial charge in [-0.2, -0.15) is 0 Å². The number of hydrogen-bond donors (Lipinski definition) is 2. The SMILES string of the molecule is COc1ccc(NC(=S)NCc2ccc(N3CCC[C@H](C)C3)cc2)cn1. The second kappa shape index (κ2) is 8.85. The average molecular weight is 371 g/mol. The van der Waals surface area contributed by atoms with Gasteiger partial charge in [0.1, 0.15) is 0 Å². The van der Waals surface area contributed by atoms with Crippen LogP contribution in [0.3, 0.4) is 0 Å². The summed E-state index contributed by atoms with van der Waals surface area (Å²) in [7, 11) is 1.60. The topological polar surface area (TPSA) is 49.4 Å². The Bertz CT molecular complexity index is 718. The van der Waals surface area contributed by atoms with Gasteiger partial charge in [-0.1, -0.05) is 19.1 Å². The lowest BCUT2D eigenvalue weighted by Gasteiger charge is -2.32. The maximum Gasteiger partial charge on any atom is 0.213 e. The highest BCUT2D eigenvalue weighted by atomic mass is 32.1. The van der Waals surface area contributed by atoms with Crippen LogP contribution in [0.15, 0.2) is 42.6 Å². The summed E-state index contributed by atoms with van der Waals surface area (Å²) >= 11 is 5.35. The number of hydrogen-bond acceptors (Lipinski definition) is 4. The Labute approximate surface area is 160 Å². The first kappa shape index (κ1) is 18.5. The molecular weight excluding hydrogens is 344 g/mol. The fourth-order valence-corrected chi connectivity index (χ4v) is 3.37. The number of rotatable bonds is 5. The summed E-state index contributed by atoms with van der Waals surface area (Å²) in [6.45, 7) is 5.33. The van der Waals surface area contributed by atoms with Crippen LogP contribution in [0, 0.1) is 5.92 Å². The van der Waals surface area contributed by atoms with Gasteiger partial charge in [0.2, 0.25) is 5.88 Å². The number of thiocarbonyl (C=S) groups is 1. The molecule has 5 nitrogen and oxygen atoms in total. The number of piperidine rings is 1. The van der Waals surface area contributed by atoms with Gasteiger partial charge in [0.15, 0.2) is 5.11 Å². The molecule has 1 aliphatic heterocycles. The Morgan fingerprint density at radius 3 is 2.73 bits per heavy atom. The highest BCUT2D eigenvalue weighted by molar-refractivity contribution is 7.80. The summed E-state index contributed by atoms with van der Waals surface area (Å²) in [5.74, 6) is 1.36. The van der Waals surface area contributed by atoms with Crippen LogP contribution in [0.25, 0.3) is 0 Å². The van der Waals surface area contributed by atoms with Crippen molar-refractivity contribution in [2.45, 2.75) is 26.3 Å². The van der Waals surface area contributed by atoms with Crippen molar-refractivity contribution in [3.05, 3.63) is 48.2 Å². The molecule has 2 N–H and O–H groups in total. The van der Waals surface area contributed by atoms with E-state index in [1.54, 1.807) is 19.4 Å². The van der Waals surface area contributed by atoms with Crippen molar-refractivity contribution in [3.8, 4) is 5.88 Å². The summed E-state index contributed by atoms with van der Waals surface area (Å²) in [6.07, 6.45) is 4.32. The molecule has 0 spiro atoms. The van der Waals surface area contributed by atoms with E-state index in [-0.39, 0.29) is 0 Å². The molecule has 6 heteroatoms. The predicted octanol–water partition coefficient (Wildman–Crippen LogP) is 3.81. The quantitative estimate of drug-likeness (QED) is 0.781. The number of aromatic nitrogens is 1. The van der Waals surface area contributed by atoms with Crippen molar-refractivity contribution in [3.63, 3.8) is 0 Å². The van der Waals surface area contributed by atoms with Crippen LogP contribution in [0.4, 0.5) is 11.4 Å². The number of pyridine rings is 1. The van der Waals surface area contributed by atoms with Gasteiger partial charge < -0.3 is 20.3 Å². The van der Waals surface area contributed by atoms with Crippen LogP contribution < -0.4 is 20.3 Å². The van der Waals surface area contributed by atoms with Gasteiger partial charge in [0, 0.05) is 31.4 Å². The molecule has 0 aliphatic carbocycles. The third-order valence-corrected chi connectivity index (χ3v) is 4.86. The number of nitrogens with one attached hydrogen (secondary N) is 2. The van der Waals surface area contributed by atoms with E-state index in [0.717, 1.165) is 24.7 Å². The van der Waals surface area contributed by atoms with Gasteiger partial charge in [0.25, 0.3) is 0 Å². The Kier molecular flexibility index (Phi) is 6.28. The molecule has 26 heavy (non-hydrogen) atoms. The van der Waals surface area contributed by atoms with E-state index in [1.165, 1.54) is 24.1 Å². The number of nitrogens with zero attached hydrogens (tertiary/aromatic N) is 2. The normalized spacial score (nSPS) is 16.8. The van der Waals surface area contributed by atoms with E-state index >= 15 is 0 Å². The van der Waals surface area contributed by atoms with E-state index in [1.807, 2.05) is 6.07 Å². The highest BCUT2D eigenvalue weighted by Gasteiger charge is 2.16. The molecule has 138 valence electrons. The molecule has 1 aromatic heterocycles. The fourth-order valence-electron chi connectivity index (χ4n) is 3.18. The molecule has 1 fully saturated rings. The third-order valence-electron chi connectivity index (χ3n) is 4.61. The maximum absolute atomic E-state index is 5.35. The molecule has 1 aliphatic rings. The first-order chi connectivity index (χ1) is 12.6. The Hall–Kier alpha value is -2.34. The Balaban J connectivity index is 1.48. The standard InChI is InChI=1S/C20H26N4OS/c1-15-4-3-11-24(14-15)18-8-5-16(6-9-18)12-22-20(26)23-17-7-10-19(25-2)21-13-17/h5-10,13,15H,3-4,11-12,14H2,1-2H3,(H2,22,23,26)/t15-/m0/s1. The highest BCUT2D eigenvalue weighted by Crippen LogP contribution is 2.23. The largest absolute Gasteiger partial charge is 0.481 e. The zero-order valence-electron chi connectivity index (χ0n) is 15.4. The predicted molar refractivity (Wildman–Crippen MR) is 111 cm³/mol. The van der Waals surface area contributed by atoms with Crippen molar-refractivity contribution in [2.24, 2.45) is 5.92 Å². The van der Waals surface area contributed by atoms with Crippen LogP contribution in [0.5, 0.6) is 5.88 Å². The lowest BCUT2D eigenvalue weighted by Crippen LogP contribution is -2.34. The van der Waals surface area contributed by atoms with Crippen molar-refractivity contribution < 1.29 is 4.74 Å². The minimum Gasteiger partial charge on any atom is -0.481 e. The third kappa shape index (κ3) is 5.08. The second-order valence-electron chi connectivity index (χ2n) is 6.76. The van der Waals surface area contributed by atoms with Gasteiger partial charge >= 0.3 is 0 Å². The number of anilines is 2. The number of benzene rings is 1. The minimum atomic E-state index is 0.575. The minimum absolute atomic E-state index is 0.575. The van der Waals surface area contributed by atoms with E-state index in [4.69, 9.17) is 17.0 Å². The summed E-state index contributed by atoms with van der Waals surface area (Å²) in [5, 5.41) is 6.93. The summed E-state index contributed by atoms with van der Waals surface area (Å²) in [6, 6.07) is 12.4. The summed E-state index contributed by atoms with van der Waals surface area (Å²) < 4.78 is 5.05. The molecule has 3 rings (SSSR count). The first-order valence-electron chi connectivity index (χ1n) is 9.03. The number of ether oxygens (including phenoxy) is 1. The van der Waals surface area contributed by atoms with E-state index < -0.39 is 0 Å². The fraction of sp³-hybridized carbons (Fsp3) is 0.400. The van der Waals surface area contributed by atoms with E-state index in [9.17, 15) is 0 Å². The van der Waals surface area contributed by atoms with Gasteiger partial charge in [0.05, 0.1) is 19.0 Å². The summed E-state index contributed by atoms with van der Waals surface area (Å²) in [5.41, 5.74) is 3.35. The van der Waals surface area contributed by atoms with Gasteiger partial charge in [-0.25, -0.2) is 4.98 Å². The molecule has 0 bridgehead atoms. The zero-order chi connectivity index (χ0) is 18.4.